The van der Waals surface area contributed by atoms with Crippen LogP contribution in [-0.2, 0) is 24.7 Å². The zero-order valence-corrected chi connectivity index (χ0v) is 18.3. The Balaban J connectivity index is 2.10. The molecule has 0 fully saturated rings. The third kappa shape index (κ3) is 5.78. The van der Waals surface area contributed by atoms with Crippen LogP contribution in [0.4, 0.5) is 14.5 Å². The molecule has 0 saturated heterocycles. The highest BCUT2D eigenvalue weighted by Gasteiger charge is 2.16. The lowest BCUT2D eigenvalue weighted by atomic mass is 10.00. The highest BCUT2D eigenvalue weighted by molar-refractivity contribution is 7.77. The van der Waals surface area contributed by atoms with Gasteiger partial charge in [0.25, 0.3) is 5.56 Å². The monoisotopic (exact) mass is 463 g/mol. The summed E-state index contributed by atoms with van der Waals surface area (Å²) in [6.45, 7) is 2.71. The molecule has 1 unspecified atom stereocenters. The number of aromatic nitrogens is 1. The Hall–Kier alpha value is -3.08. The average molecular weight is 464 g/mol. The number of benzene rings is 2. The Morgan fingerprint density at radius 2 is 1.84 bits per heavy atom. The van der Waals surface area contributed by atoms with Crippen molar-refractivity contribution in [3.63, 3.8) is 0 Å². The fraction of sp³-hybridized carbons (Fsp3) is 0.227. The Kier molecular flexibility index (Phi) is 7.73. The van der Waals surface area contributed by atoms with Crippen molar-refractivity contribution in [2.45, 2.75) is 13.3 Å². The number of hydrogen-bond donors (Lipinski definition) is 3. The molecule has 0 aliphatic rings. The molecule has 0 amide bonds. The molecule has 3 rings (SSSR count). The lowest BCUT2D eigenvalue weighted by Gasteiger charge is -2.17. The first-order valence-electron chi connectivity index (χ1n) is 9.83. The van der Waals surface area contributed by atoms with E-state index in [2.05, 4.69) is 10.0 Å². The highest BCUT2D eigenvalue weighted by atomic mass is 32.2. The molecule has 32 heavy (non-hydrogen) atoms. The van der Waals surface area contributed by atoms with Gasteiger partial charge in [-0.15, -0.1) is 0 Å². The minimum absolute atomic E-state index is 0.146. The molecule has 0 aliphatic heterocycles. The zero-order chi connectivity index (χ0) is 23.3. The number of rotatable bonds is 9. The molecule has 1 heterocycles. The van der Waals surface area contributed by atoms with Crippen LogP contribution in [0.1, 0.15) is 12.5 Å². The number of anilines is 1. The van der Waals surface area contributed by atoms with Gasteiger partial charge in [-0.1, -0.05) is 6.07 Å². The van der Waals surface area contributed by atoms with Gasteiger partial charge in [-0.2, -0.15) is 0 Å². The summed E-state index contributed by atoms with van der Waals surface area (Å²) in [5.74, 6) is -1.41. The molecule has 7 nitrogen and oxygen atoms in total. The van der Waals surface area contributed by atoms with E-state index in [0.29, 0.717) is 35.5 Å². The number of nitrogens with one attached hydrogen (secondary N) is 2. The van der Waals surface area contributed by atoms with Gasteiger partial charge in [0.2, 0.25) is 11.3 Å². The van der Waals surface area contributed by atoms with Crippen LogP contribution in [0.15, 0.2) is 53.5 Å². The fourth-order valence-electron chi connectivity index (χ4n) is 3.17. The first-order valence-corrected chi connectivity index (χ1v) is 10.9. The molecule has 0 aliphatic carbocycles. The highest BCUT2D eigenvalue weighted by Crippen LogP contribution is 2.38. The largest absolute Gasteiger partial charge is 0.454 e. The van der Waals surface area contributed by atoms with E-state index in [0.717, 1.165) is 17.7 Å². The quantitative estimate of drug-likeness (QED) is 0.420. The number of pyridine rings is 1. The van der Waals surface area contributed by atoms with E-state index in [9.17, 15) is 17.8 Å². The Labute approximate surface area is 186 Å². The molecule has 170 valence electrons. The molecule has 0 bridgehead atoms. The van der Waals surface area contributed by atoms with Crippen molar-refractivity contribution in [2.75, 3.05) is 18.4 Å². The molecule has 0 spiro atoms. The van der Waals surface area contributed by atoms with Gasteiger partial charge in [-0.3, -0.25) is 9.35 Å². The van der Waals surface area contributed by atoms with Crippen molar-refractivity contribution in [1.82, 2.24) is 9.29 Å². The maximum Gasteiger partial charge on any atom is 0.252 e. The molecular weight excluding hydrogens is 440 g/mol. The second-order valence-electron chi connectivity index (χ2n) is 6.98. The topological polar surface area (TPSA) is 92.6 Å². The van der Waals surface area contributed by atoms with E-state index in [1.54, 1.807) is 31.4 Å². The molecule has 3 aromatic rings. The van der Waals surface area contributed by atoms with E-state index in [-0.39, 0.29) is 17.9 Å². The summed E-state index contributed by atoms with van der Waals surface area (Å²) < 4.78 is 56.9. The standard InChI is InChI=1S/C22H23F2N3O4S/c1-3-25-19-12-22(28)27(2)13-17(19)16-10-14(8-9-26-32(29)30)4-6-20(16)31-21-7-5-15(23)11-18(21)24/h4-7,10-13,25-26H,3,8-9H2,1-2H3,(H,29,30). The third-order valence-electron chi connectivity index (χ3n) is 4.68. The van der Waals surface area contributed by atoms with Gasteiger partial charge >= 0.3 is 0 Å². The minimum Gasteiger partial charge on any atom is -0.454 e. The van der Waals surface area contributed by atoms with Crippen molar-refractivity contribution in [3.8, 4) is 22.6 Å². The molecule has 0 radical (unpaired) electrons. The van der Waals surface area contributed by atoms with Gasteiger partial charge in [0.1, 0.15) is 11.6 Å². The van der Waals surface area contributed by atoms with E-state index in [1.165, 1.54) is 16.7 Å². The number of hydrogen-bond acceptors (Lipinski definition) is 4. The summed E-state index contributed by atoms with van der Waals surface area (Å²) >= 11 is -2.12. The predicted molar refractivity (Wildman–Crippen MR) is 120 cm³/mol. The van der Waals surface area contributed by atoms with Crippen LogP contribution in [0, 0.1) is 11.6 Å². The molecule has 0 saturated carbocycles. The lowest BCUT2D eigenvalue weighted by molar-refractivity contribution is 0.439. The van der Waals surface area contributed by atoms with Crippen molar-refractivity contribution in [2.24, 2.45) is 7.05 Å². The molecule has 2 aromatic carbocycles. The third-order valence-corrected chi connectivity index (χ3v) is 5.13. The molecule has 1 aromatic heterocycles. The number of nitrogens with zero attached hydrogens (tertiary/aromatic N) is 1. The van der Waals surface area contributed by atoms with Crippen LogP contribution >= 0.6 is 0 Å². The van der Waals surface area contributed by atoms with Gasteiger partial charge < -0.3 is 14.6 Å². The van der Waals surface area contributed by atoms with Gasteiger partial charge in [0, 0.05) is 55.3 Å². The summed E-state index contributed by atoms with van der Waals surface area (Å²) in [6, 6.07) is 9.70. The maximum absolute atomic E-state index is 14.2. The second kappa shape index (κ2) is 10.5. The van der Waals surface area contributed by atoms with Crippen molar-refractivity contribution in [1.29, 1.82) is 0 Å². The smallest absolute Gasteiger partial charge is 0.252 e. The summed E-state index contributed by atoms with van der Waals surface area (Å²) in [5.41, 5.74) is 2.41. The first kappa shape index (κ1) is 23.6. The van der Waals surface area contributed by atoms with Gasteiger partial charge in [-0.05, 0) is 43.2 Å². The molecule has 10 heteroatoms. The fourth-order valence-corrected chi connectivity index (χ4v) is 3.45. The summed E-state index contributed by atoms with van der Waals surface area (Å²) in [4.78, 5) is 12.2. The van der Waals surface area contributed by atoms with E-state index < -0.39 is 22.9 Å². The minimum atomic E-state index is -2.12. The van der Waals surface area contributed by atoms with E-state index in [4.69, 9.17) is 9.29 Å². The predicted octanol–water partition coefficient (Wildman–Crippen LogP) is 3.82. The second-order valence-corrected chi connectivity index (χ2v) is 7.77. The van der Waals surface area contributed by atoms with E-state index >= 15 is 0 Å². The van der Waals surface area contributed by atoms with Crippen LogP contribution < -0.4 is 20.3 Å². The number of aryl methyl sites for hydroxylation is 1. The zero-order valence-electron chi connectivity index (χ0n) is 17.5. The normalized spacial score (nSPS) is 11.9. The average Bonchev–Trinajstić information content (AvgIpc) is 2.73. The molecule has 1 atom stereocenters. The molecular formula is C22H23F2N3O4S. The van der Waals surface area contributed by atoms with Crippen LogP contribution in [0.25, 0.3) is 11.1 Å². The number of ether oxygens (including phenoxy) is 1. The van der Waals surface area contributed by atoms with Crippen molar-refractivity contribution >= 4 is 17.0 Å². The van der Waals surface area contributed by atoms with E-state index in [1.807, 2.05) is 6.92 Å². The van der Waals surface area contributed by atoms with Crippen LogP contribution in [0.5, 0.6) is 11.5 Å². The Morgan fingerprint density at radius 1 is 1.09 bits per heavy atom. The van der Waals surface area contributed by atoms with Crippen molar-refractivity contribution < 1.29 is 22.3 Å². The van der Waals surface area contributed by atoms with Crippen molar-refractivity contribution in [3.05, 3.63) is 76.2 Å². The first-order chi connectivity index (χ1) is 15.3. The summed E-state index contributed by atoms with van der Waals surface area (Å²) in [6.07, 6.45) is 2.08. The summed E-state index contributed by atoms with van der Waals surface area (Å²) in [5, 5.41) is 3.15. The maximum atomic E-state index is 14.2. The SMILES string of the molecule is CCNc1cc(=O)n(C)cc1-c1cc(CCNS(=O)O)ccc1Oc1ccc(F)cc1F. The van der Waals surface area contributed by atoms with Gasteiger partial charge in [0.15, 0.2) is 11.6 Å². The van der Waals surface area contributed by atoms with Gasteiger partial charge in [0.05, 0.1) is 0 Å². The van der Waals surface area contributed by atoms with Gasteiger partial charge in [-0.25, -0.2) is 17.7 Å². The number of halogens is 2. The Morgan fingerprint density at radius 3 is 2.53 bits per heavy atom. The summed E-state index contributed by atoms with van der Waals surface area (Å²) in [7, 11) is 1.62. The lowest BCUT2D eigenvalue weighted by Crippen LogP contribution is -2.19. The van der Waals surface area contributed by atoms with Crippen LogP contribution in [0.3, 0.4) is 0 Å². The Bertz CT molecular complexity index is 1200. The van der Waals surface area contributed by atoms with Crippen LogP contribution in [0.2, 0.25) is 0 Å². The molecule has 3 N–H and O–H groups in total. The van der Waals surface area contributed by atoms with Crippen LogP contribution in [-0.4, -0.2) is 26.4 Å².